The van der Waals surface area contributed by atoms with Crippen molar-refractivity contribution in [3.05, 3.63) is 52.7 Å². The zero-order valence-corrected chi connectivity index (χ0v) is 18.5. The van der Waals surface area contributed by atoms with Gasteiger partial charge in [0.25, 0.3) is 0 Å². The number of rotatable bonds is 11. The fourth-order valence-electron chi connectivity index (χ4n) is 3.20. The van der Waals surface area contributed by atoms with Crippen molar-refractivity contribution in [1.29, 1.82) is 0 Å². The van der Waals surface area contributed by atoms with E-state index < -0.39 is 0 Å². The topological polar surface area (TPSA) is 57.9 Å². The van der Waals surface area contributed by atoms with E-state index in [1.807, 2.05) is 39.1 Å². The molecule has 6 heteroatoms. The second-order valence-corrected chi connectivity index (χ2v) is 7.07. The van der Waals surface area contributed by atoms with Crippen LogP contribution < -0.4 is 9.47 Å². The van der Waals surface area contributed by atoms with E-state index in [0.29, 0.717) is 13.2 Å². The number of nitrogens with zero attached hydrogens (tertiary/aromatic N) is 3. The molecule has 0 amide bonds. The third kappa shape index (κ3) is 6.66. The highest BCUT2D eigenvalue weighted by Gasteiger charge is 2.10. The van der Waals surface area contributed by atoms with E-state index in [1.165, 1.54) is 23.8 Å². The van der Waals surface area contributed by atoms with Gasteiger partial charge in [0.1, 0.15) is 30.9 Å². The highest BCUT2D eigenvalue weighted by atomic mass is 16.6. The average Bonchev–Trinajstić information content (AvgIpc) is 3.04. The molecule has 2 aromatic rings. The third-order valence-electron chi connectivity index (χ3n) is 4.76. The Balaban J connectivity index is 1.83. The Bertz CT molecular complexity index is 830. The van der Waals surface area contributed by atoms with Crippen molar-refractivity contribution in [3.63, 3.8) is 0 Å². The molecule has 6 nitrogen and oxygen atoms in total. The second-order valence-electron chi connectivity index (χ2n) is 7.07. The summed E-state index contributed by atoms with van der Waals surface area (Å²) in [6, 6.07) is 6.14. The van der Waals surface area contributed by atoms with Gasteiger partial charge in [0.05, 0.1) is 6.61 Å². The van der Waals surface area contributed by atoms with Gasteiger partial charge in [-0.2, -0.15) is 5.10 Å². The summed E-state index contributed by atoms with van der Waals surface area (Å²) in [5, 5.41) is 8.31. The zero-order valence-electron chi connectivity index (χ0n) is 18.5. The van der Waals surface area contributed by atoms with Crippen LogP contribution in [0.3, 0.4) is 0 Å². The zero-order chi connectivity index (χ0) is 21.2. The van der Waals surface area contributed by atoms with Gasteiger partial charge in [-0.1, -0.05) is 17.3 Å². The maximum Gasteiger partial charge on any atom is 0.212 e. The quantitative estimate of drug-likeness (QED) is 0.236. The van der Waals surface area contributed by atoms with Gasteiger partial charge in [-0.15, -0.1) is 0 Å². The number of ether oxygens (including phenoxy) is 2. The Kier molecular flexibility index (Phi) is 8.77. The van der Waals surface area contributed by atoms with E-state index in [-0.39, 0.29) is 0 Å². The van der Waals surface area contributed by atoms with Crippen molar-refractivity contribution in [2.24, 2.45) is 12.2 Å². The van der Waals surface area contributed by atoms with Gasteiger partial charge in [0, 0.05) is 13.1 Å². The van der Waals surface area contributed by atoms with E-state index >= 15 is 0 Å². The molecule has 1 aromatic heterocycles. The number of unbranched alkanes of at least 4 members (excludes halogenated alkanes) is 1. The lowest BCUT2D eigenvalue weighted by Crippen LogP contribution is -2.04. The summed E-state index contributed by atoms with van der Waals surface area (Å²) in [7, 11) is 3.39. The predicted octanol–water partition coefficient (Wildman–Crippen LogP) is 4.76. The van der Waals surface area contributed by atoms with Crippen LogP contribution >= 0.6 is 0 Å². The molecule has 0 fully saturated rings. The molecule has 0 bridgehead atoms. The summed E-state index contributed by atoms with van der Waals surface area (Å²) in [5.74, 6) is 1.67. The van der Waals surface area contributed by atoms with Crippen LogP contribution in [0.5, 0.6) is 11.6 Å². The molecule has 0 aliphatic carbocycles. The number of allylic oxidation sites excluding steroid dienone is 1. The van der Waals surface area contributed by atoms with Crippen LogP contribution in [0, 0.1) is 13.8 Å². The summed E-state index contributed by atoms with van der Waals surface area (Å²) in [5.41, 5.74) is 5.45. The van der Waals surface area contributed by atoms with Gasteiger partial charge in [0.15, 0.2) is 0 Å². The molecule has 0 aliphatic rings. The number of hydrogen-bond donors (Lipinski definition) is 0. The molecule has 0 unspecified atom stereocenters. The molecule has 0 N–H and O–H groups in total. The van der Waals surface area contributed by atoms with Gasteiger partial charge in [0.2, 0.25) is 5.88 Å². The molecule has 0 radical (unpaired) electrons. The van der Waals surface area contributed by atoms with E-state index in [4.69, 9.17) is 14.3 Å². The lowest BCUT2D eigenvalue weighted by atomic mass is 9.97. The van der Waals surface area contributed by atoms with Crippen LogP contribution in [0.25, 0.3) is 0 Å². The Morgan fingerprint density at radius 3 is 2.52 bits per heavy atom. The fraction of sp³-hybridized carbons (Fsp3) is 0.478. The van der Waals surface area contributed by atoms with Crippen molar-refractivity contribution in [2.75, 3.05) is 20.3 Å². The summed E-state index contributed by atoms with van der Waals surface area (Å²) in [6.07, 6.45) is 7.08. The van der Waals surface area contributed by atoms with Gasteiger partial charge in [-0.3, -0.25) is 0 Å². The first kappa shape index (κ1) is 22.5. The van der Waals surface area contributed by atoms with Crippen molar-refractivity contribution in [2.45, 2.75) is 47.0 Å². The van der Waals surface area contributed by atoms with E-state index in [0.717, 1.165) is 42.3 Å². The third-order valence-corrected chi connectivity index (χ3v) is 4.76. The monoisotopic (exact) mass is 399 g/mol. The Morgan fingerprint density at radius 2 is 1.86 bits per heavy atom. The lowest BCUT2D eigenvalue weighted by Gasteiger charge is -2.13. The van der Waals surface area contributed by atoms with Crippen molar-refractivity contribution < 1.29 is 14.3 Å². The smallest absolute Gasteiger partial charge is 0.212 e. The van der Waals surface area contributed by atoms with Crippen molar-refractivity contribution in [3.8, 4) is 11.6 Å². The van der Waals surface area contributed by atoms with Crippen LogP contribution in [0.1, 0.15) is 49.1 Å². The maximum absolute atomic E-state index is 5.90. The maximum atomic E-state index is 5.90. The van der Waals surface area contributed by atoms with Gasteiger partial charge >= 0.3 is 0 Å². The molecule has 0 aliphatic heterocycles. The minimum Gasteiger partial charge on any atom is -0.490 e. The standard InChI is InChI=1S/C23H33N3O3/c1-7-8-12-28-20-14-17(2)21(18(3)15-20)11-9-10-13-29-23-16-22(24-26(23)5)19(4)25-27-6/h7-8,14-16H,9-13H2,1-6H3/b8-7+,25-19+. The molecule has 1 heterocycles. The Hall–Kier alpha value is -2.76. The minimum absolute atomic E-state index is 0.610. The highest BCUT2D eigenvalue weighted by Crippen LogP contribution is 2.23. The number of aryl methyl sites for hydroxylation is 3. The summed E-state index contributed by atoms with van der Waals surface area (Å²) in [6.45, 7) is 9.43. The van der Waals surface area contributed by atoms with E-state index in [1.54, 1.807) is 4.68 Å². The number of hydrogen-bond acceptors (Lipinski definition) is 5. The fourth-order valence-corrected chi connectivity index (χ4v) is 3.20. The van der Waals surface area contributed by atoms with Crippen LogP contribution in [-0.4, -0.2) is 35.8 Å². The second kappa shape index (κ2) is 11.3. The van der Waals surface area contributed by atoms with E-state index in [9.17, 15) is 0 Å². The first-order valence-corrected chi connectivity index (χ1v) is 10.0. The Morgan fingerprint density at radius 1 is 1.14 bits per heavy atom. The SMILES string of the molecule is C/C=C/COc1cc(C)c(CCCCOc2cc(/C(C)=N/OC)nn2C)c(C)c1. The van der Waals surface area contributed by atoms with Crippen molar-refractivity contribution in [1.82, 2.24) is 9.78 Å². The molecule has 0 saturated heterocycles. The molecule has 0 spiro atoms. The number of oxime groups is 1. The molecule has 0 saturated carbocycles. The first-order valence-electron chi connectivity index (χ1n) is 10.0. The van der Waals surface area contributed by atoms with Crippen LogP contribution in [0.4, 0.5) is 0 Å². The van der Waals surface area contributed by atoms with Gasteiger partial charge in [-0.05, 0) is 75.8 Å². The van der Waals surface area contributed by atoms with Gasteiger partial charge in [-0.25, -0.2) is 4.68 Å². The van der Waals surface area contributed by atoms with E-state index in [2.05, 4.69) is 36.2 Å². The molecular formula is C23H33N3O3. The average molecular weight is 400 g/mol. The lowest BCUT2D eigenvalue weighted by molar-refractivity contribution is 0.213. The van der Waals surface area contributed by atoms with Crippen LogP contribution in [0.2, 0.25) is 0 Å². The Labute approximate surface area is 174 Å². The first-order chi connectivity index (χ1) is 14.0. The predicted molar refractivity (Wildman–Crippen MR) is 117 cm³/mol. The van der Waals surface area contributed by atoms with Crippen LogP contribution in [0.15, 0.2) is 35.5 Å². The normalized spacial score (nSPS) is 11.9. The molecular weight excluding hydrogens is 366 g/mol. The number of benzene rings is 1. The summed E-state index contributed by atoms with van der Waals surface area (Å²) in [4.78, 5) is 4.80. The molecule has 1 aromatic carbocycles. The molecule has 2 rings (SSSR count). The summed E-state index contributed by atoms with van der Waals surface area (Å²) < 4.78 is 13.4. The highest BCUT2D eigenvalue weighted by molar-refractivity contribution is 5.96. The van der Waals surface area contributed by atoms with Gasteiger partial charge < -0.3 is 14.3 Å². The molecule has 158 valence electrons. The van der Waals surface area contributed by atoms with Crippen molar-refractivity contribution >= 4 is 5.71 Å². The largest absolute Gasteiger partial charge is 0.490 e. The number of aromatic nitrogens is 2. The minimum atomic E-state index is 0.610. The summed E-state index contributed by atoms with van der Waals surface area (Å²) >= 11 is 0. The van der Waals surface area contributed by atoms with Crippen LogP contribution in [-0.2, 0) is 18.3 Å². The molecule has 0 atom stereocenters. The molecule has 29 heavy (non-hydrogen) atoms.